The van der Waals surface area contributed by atoms with E-state index in [0.717, 1.165) is 25.9 Å². The van der Waals surface area contributed by atoms with Crippen LogP contribution in [0.4, 0.5) is 0 Å². The highest BCUT2D eigenvalue weighted by atomic mass is 32.2. The largest absolute Gasteiger partial charge is 0.303 e. The van der Waals surface area contributed by atoms with Gasteiger partial charge in [-0.1, -0.05) is 19.1 Å². The van der Waals surface area contributed by atoms with Crippen LogP contribution < -0.4 is 0 Å². The first-order valence-electron chi connectivity index (χ1n) is 4.97. The normalized spacial score (nSPS) is 12.9. The van der Waals surface area contributed by atoms with E-state index < -0.39 is 9.84 Å². The molecule has 0 radical (unpaired) electrons. The van der Waals surface area contributed by atoms with Gasteiger partial charge in [0.25, 0.3) is 0 Å². The maximum atomic E-state index is 10.8. The number of rotatable bonds is 7. The van der Waals surface area contributed by atoms with Crippen LogP contribution in [-0.4, -0.2) is 45.5 Å². The summed E-state index contributed by atoms with van der Waals surface area (Å²) in [6.07, 6.45) is 7.28. The van der Waals surface area contributed by atoms with E-state index in [-0.39, 0.29) is 5.75 Å². The zero-order chi connectivity index (χ0) is 11.0. The third kappa shape index (κ3) is 9.74. The highest BCUT2D eigenvalue weighted by Gasteiger charge is 2.02. The summed E-state index contributed by atoms with van der Waals surface area (Å²) in [5.41, 5.74) is 0. The quantitative estimate of drug-likeness (QED) is 0.606. The van der Waals surface area contributed by atoms with E-state index in [1.807, 2.05) is 7.05 Å². The molecule has 0 heterocycles. The lowest BCUT2D eigenvalue weighted by Crippen LogP contribution is -2.21. The fraction of sp³-hybridized carbons (Fsp3) is 0.800. The van der Waals surface area contributed by atoms with Gasteiger partial charge in [-0.05, 0) is 26.4 Å². The number of nitrogens with zero attached hydrogens (tertiary/aromatic N) is 1. The molecule has 14 heavy (non-hydrogen) atoms. The first-order chi connectivity index (χ1) is 6.45. The van der Waals surface area contributed by atoms with Crippen molar-refractivity contribution in [3.05, 3.63) is 12.2 Å². The van der Waals surface area contributed by atoms with Gasteiger partial charge in [-0.25, -0.2) is 8.42 Å². The molecule has 0 atom stereocenters. The minimum Gasteiger partial charge on any atom is -0.303 e. The Hall–Kier alpha value is -0.350. The van der Waals surface area contributed by atoms with Crippen LogP contribution in [0, 0.1) is 0 Å². The Morgan fingerprint density at radius 3 is 2.43 bits per heavy atom. The topological polar surface area (TPSA) is 37.4 Å². The van der Waals surface area contributed by atoms with Crippen molar-refractivity contribution in [1.82, 2.24) is 4.90 Å². The molecule has 0 aromatic rings. The minimum absolute atomic E-state index is 0.287. The average molecular weight is 219 g/mol. The van der Waals surface area contributed by atoms with Crippen LogP contribution in [0.2, 0.25) is 0 Å². The van der Waals surface area contributed by atoms with Crippen molar-refractivity contribution in [3.8, 4) is 0 Å². The molecule has 0 fully saturated rings. The Morgan fingerprint density at radius 2 is 1.93 bits per heavy atom. The highest BCUT2D eigenvalue weighted by Crippen LogP contribution is 1.93. The molecule has 0 saturated carbocycles. The summed E-state index contributed by atoms with van der Waals surface area (Å²) in [5.74, 6) is 0.287. The van der Waals surface area contributed by atoms with Gasteiger partial charge in [0.15, 0.2) is 0 Å². The summed E-state index contributed by atoms with van der Waals surface area (Å²) in [6.45, 7) is 3.83. The van der Waals surface area contributed by atoms with Gasteiger partial charge in [0.2, 0.25) is 0 Å². The fourth-order valence-corrected chi connectivity index (χ4v) is 1.76. The molecule has 0 amide bonds. The van der Waals surface area contributed by atoms with Gasteiger partial charge >= 0.3 is 0 Å². The van der Waals surface area contributed by atoms with Gasteiger partial charge in [-0.2, -0.15) is 0 Å². The van der Waals surface area contributed by atoms with Gasteiger partial charge < -0.3 is 4.90 Å². The van der Waals surface area contributed by atoms with E-state index >= 15 is 0 Å². The molecule has 0 aliphatic heterocycles. The fourth-order valence-electron chi connectivity index (χ4n) is 1.11. The number of allylic oxidation sites excluding steroid dienone is 1. The molecule has 0 N–H and O–H groups in total. The summed E-state index contributed by atoms with van der Waals surface area (Å²) >= 11 is 0. The Kier molecular flexibility index (Phi) is 6.83. The lowest BCUT2D eigenvalue weighted by atomic mass is 10.4. The molecule has 0 aliphatic carbocycles. The summed E-state index contributed by atoms with van der Waals surface area (Å²) in [6, 6.07) is 0. The van der Waals surface area contributed by atoms with Crippen molar-refractivity contribution in [2.45, 2.75) is 19.8 Å². The molecule has 0 saturated heterocycles. The third-order valence-corrected chi connectivity index (χ3v) is 2.90. The molecular formula is C10H21NO2S. The summed E-state index contributed by atoms with van der Waals surface area (Å²) in [5, 5.41) is 0. The molecule has 0 rings (SSSR count). The Morgan fingerprint density at radius 1 is 1.29 bits per heavy atom. The van der Waals surface area contributed by atoms with Crippen molar-refractivity contribution < 1.29 is 8.42 Å². The SMILES string of the molecule is CC/C=C/CN(C)CCCS(C)(=O)=O. The van der Waals surface area contributed by atoms with E-state index in [0.29, 0.717) is 0 Å². The predicted octanol–water partition coefficient (Wildman–Crippen LogP) is 1.32. The van der Waals surface area contributed by atoms with Crippen molar-refractivity contribution in [2.75, 3.05) is 32.1 Å². The first-order valence-corrected chi connectivity index (χ1v) is 7.03. The molecule has 3 nitrogen and oxygen atoms in total. The lowest BCUT2D eigenvalue weighted by Gasteiger charge is -2.13. The van der Waals surface area contributed by atoms with Gasteiger partial charge in [0.05, 0.1) is 5.75 Å². The number of hydrogen-bond donors (Lipinski definition) is 0. The van der Waals surface area contributed by atoms with E-state index in [1.54, 1.807) is 0 Å². The third-order valence-electron chi connectivity index (χ3n) is 1.87. The number of hydrogen-bond acceptors (Lipinski definition) is 3. The van der Waals surface area contributed by atoms with Crippen molar-refractivity contribution in [3.63, 3.8) is 0 Å². The number of sulfone groups is 1. The Labute approximate surface area is 87.7 Å². The molecule has 4 heteroatoms. The highest BCUT2D eigenvalue weighted by molar-refractivity contribution is 7.90. The standard InChI is InChI=1S/C10H21NO2S/c1-4-5-6-8-11(2)9-7-10-14(3,12)13/h5-6H,4,7-10H2,1-3H3/b6-5+. The maximum Gasteiger partial charge on any atom is 0.147 e. The Bertz CT molecular complexity index is 257. The van der Waals surface area contributed by atoms with Crippen LogP contribution in [0.15, 0.2) is 12.2 Å². The molecule has 0 spiro atoms. The second-order valence-electron chi connectivity index (χ2n) is 3.63. The van der Waals surface area contributed by atoms with Gasteiger partial charge in [0, 0.05) is 12.8 Å². The zero-order valence-electron chi connectivity index (χ0n) is 9.36. The van der Waals surface area contributed by atoms with Crippen LogP contribution >= 0.6 is 0 Å². The second kappa shape index (κ2) is 7.01. The second-order valence-corrected chi connectivity index (χ2v) is 5.89. The molecule has 0 aromatic carbocycles. The molecule has 0 aliphatic rings. The van der Waals surface area contributed by atoms with E-state index in [1.165, 1.54) is 6.26 Å². The number of likely N-dealkylation sites (N-methyl/N-ethyl adjacent to an activating group) is 1. The summed E-state index contributed by atoms with van der Waals surface area (Å²) in [7, 11) is -0.787. The smallest absolute Gasteiger partial charge is 0.147 e. The maximum absolute atomic E-state index is 10.8. The average Bonchev–Trinajstić information content (AvgIpc) is 2.02. The van der Waals surface area contributed by atoms with Gasteiger partial charge in [0.1, 0.15) is 9.84 Å². The van der Waals surface area contributed by atoms with Crippen LogP contribution in [0.25, 0.3) is 0 Å². The van der Waals surface area contributed by atoms with Crippen molar-refractivity contribution in [2.24, 2.45) is 0 Å². The minimum atomic E-state index is -2.79. The van der Waals surface area contributed by atoms with Gasteiger partial charge in [-0.15, -0.1) is 0 Å². The van der Waals surface area contributed by atoms with Crippen LogP contribution in [0.3, 0.4) is 0 Å². The monoisotopic (exact) mass is 219 g/mol. The molecule has 0 unspecified atom stereocenters. The first kappa shape index (κ1) is 13.7. The predicted molar refractivity (Wildman–Crippen MR) is 61.3 cm³/mol. The zero-order valence-corrected chi connectivity index (χ0v) is 10.2. The molecule has 84 valence electrons. The Balaban J connectivity index is 3.54. The van der Waals surface area contributed by atoms with E-state index in [2.05, 4.69) is 24.0 Å². The van der Waals surface area contributed by atoms with Crippen LogP contribution in [0.5, 0.6) is 0 Å². The van der Waals surface area contributed by atoms with Crippen molar-refractivity contribution >= 4 is 9.84 Å². The van der Waals surface area contributed by atoms with Crippen molar-refractivity contribution in [1.29, 1.82) is 0 Å². The lowest BCUT2D eigenvalue weighted by molar-refractivity contribution is 0.370. The molecule has 0 aromatic heterocycles. The summed E-state index contributed by atoms with van der Waals surface area (Å²) < 4.78 is 21.7. The molecule has 0 bridgehead atoms. The van der Waals surface area contributed by atoms with Crippen LogP contribution in [-0.2, 0) is 9.84 Å². The molecular weight excluding hydrogens is 198 g/mol. The van der Waals surface area contributed by atoms with Gasteiger partial charge in [-0.3, -0.25) is 0 Å². The van der Waals surface area contributed by atoms with E-state index in [9.17, 15) is 8.42 Å². The van der Waals surface area contributed by atoms with Crippen LogP contribution in [0.1, 0.15) is 19.8 Å². The van der Waals surface area contributed by atoms with E-state index in [4.69, 9.17) is 0 Å². The summed E-state index contributed by atoms with van der Waals surface area (Å²) in [4.78, 5) is 2.12.